The fourth-order valence-corrected chi connectivity index (χ4v) is 1.21. The van der Waals surface area contributed by atoms with E-state index in [-0.39, 0.29) is 0 Å². The topological polar surface area (TPSA) is 41.6 Å². The third-order valence-electron chi connectivity index (χ3n) is 1.38. The lowest BCUT2D eigenvalue weighted by molar-refractivity contribution is 0.960. The standard InChI is InChI=1S/C6H6N3P/c10-5-3-1-2-4-6(5)8-9-7-4/h1-3H,10H2,(H,7,8,9). The van der Waals surface area contributed by atoms with Crippen molar-refractivity contribution in [2.24, 2.45) is 0 Å². The molecule has 0 spiro atoms. The summed E-state index contributed by atoms with van der Waals surface area (Å²) in [5.74, 6) is 0. The summed E-state index contributed by atoms with van der Waals surface area (Å²) in [6.45, 7) is 0. The van der Waals surface area contributed by atoms with Gasteiger partial charge in [0, 0.05) is 0 Å². The SMILES string of the molecule is Pc1cccc2n[nH]nc12. The molecule has 1 unspecified atom stereocenters. The highest BCUT2D eigenvalue weighted by molar-refractivity contribution is 7.28. The maximum atomic E-state index is 3.96. The van der Waals surface area contributed by atoms with E-state index in [9.17, 15) is 0 Å². The molecule has 1 heterocycles. The van der Waals surface area contributed by atoms with Crippen molar-refractivity contribution in [2.75, 3.05) is 0 Å². The number of hydrogen-bond donors (Lipinski definition) is 1. The molecular weight excluding hydrogens is 145 g/mol. The number of H-pyrrole nitrogens is 1. The van der Waals surface area contributed by atoms with Crippen LogP contribution in [0.1, 0.15) is 0 Å². The van der Waals surface area contributed by atoms with Crippen molar-refractivity contribution in [3.8, 4) is 0 Å². The van der Waals surface area contributed by atoms with Crippen molar-refractivity contribution in [1.82, 2.24) is 15.4 Å². The molecular formula is C6H6N3P. The quantitative estimate of drug-likeness (QED) is 0.555. The van der Waals surface area contributed by atoms with Gasteiger partial charge in [-0.15, -0.1) is 9.24 Å². The van der Waals surface area contributed by atoms with E-state index in [0.29, 0.717) is 0 Å². The van der Waals surface area contributed by atoms with E-state index in [4.69, 9.17) is 0 Å². The van der Waals surface area contributed by atoms with E-state index < -0.39 is 0 Å². The maximum absolute atomic E-state index is 3.96. The van der Waals surface area contributed by atoms with Crippen LogP contribution in [0.5, 0.6) is 0 Å². The van der Waals surface area contributed by atoms with Crippen LogP contribution >= 0.6 is 9.24 Å². The van der Waals surface area contributed by atoms with Gasteiger partial charge in [-0.05, 0) is 11.4 Å². The zero-order chi connectivity index (χ0) is 6.97. The predicted molar refractivity (Wildman–Crippen MR) is 43.2 cm³/mol. The van der Waals surface area contributed by atoms with Crippen molar-refractivity contribution in [3.05, 3.63) is 18.2 Å². The number of fused-ring (bicyclic) bond motifs is 1. The van der Waals surface area contributed by atoms with Crippen LogP contribution in [0.25, 0.3) is 11.0 Å². The van der Waals surface area contributed by atoms with Crippen LogP contribution in [-0.4, -0.2) is 15.4 Å². The molecule has 0 saturated heterocycles. The van der Waals surface area contributed by atoms with Crippen LogP contribution in [0.2, 0.25) is 0 Å². The average molecular weight is 151 g/mol. The van der Waals surface area contributed by atoms with E-state index >= 15 is 0 Å². The van der Waals surface area contributed by atoms with Gasteiger partial charge in [0.05, 0.1) is 0 Å². The second-order valence-electron chi connectivity index (χ2n) is 2.04. The molecule has 0 saturated carbocycles. The molecule has 1 aromatic heterocycles. The van der Waals surface area contributed by atoms with Gasteiger partial charge >= 0.3 is 0 Å². The Bertz CT molecular complexity index is 355. The lowest BCUT2D eigenvalue weighted by atomic mass is 10.3. The highest BCUT2D eigenvalue weighted by Crippen LogP contribution is 2.05. The average Bonchev–Trinajstić information content (AvgIpc) is 2.36. The van der Waals surface area contributed by atoms with Gasteiger partial charge in [-0.1, -0.05) is 12.1 Å². The molecule has 0 aliphatic heterocycles. The van der Waals surface area contributed by atoms with Gasteiger partial charge in [-0.2, -0.15) is 15.4 Å². The van der Waals surface area contributed by atoms with E-state index in [0.717, 1.165) is 16.3 Å². The monoisotopic (exact) mass is 151 g/mol. The van der Waals surface area contributed by atoms with Crippen LogP contribution in [0.4, 0.5) is 0 Å². The number of aromatic amines is 1. The number of nitrogens with zero attached hydrogens (tertiary/aromatic N) is 2. The Kier molecular flexibility index (Phi) is 1.18. The summed E-state index contributed by atoms with van der Waals surface area (Å²) in [6, 6.07) is 5.86. The summed E-state index contributed by atoms with van der Waals surface area (Å²) in [6.07, 6.45) is 0. The molecule has 50 valence electrons. The third kappa shape index (κ3) is 0.711. The summed E-state index contributed by atoms with van der Waals surface area (Å²) in [5, 5.41) is 11.5. The van der Waals surface area contributed by atoms with Gasteiger partial charge in [0.25, 0.3) is 0 Å². The molecule has 1 aromatic carbocycles. The molecule has 1 atom stereocenters. The normalized spacial score (nSPS) is 10.5. The fourth-order valence-electron chi connectivity index (χ4n) is 0.890. The highest BCUT2D eigenvalue weighted by Gasteiger charge is 1.97. The number of aromatic nitrogens is 3. The van der Waals surface area contributed by atoms with Crippen LogP contribution in [0.3, 0.4) is 0 Å². The summed E-state index contributed by atoms with van der Waals surface area (Å²) in [5.41, 5.74) is 1.83. The van der Waals surface area contributed by atoms with Crippen molar-refractivity contribution in [1.29, 1.82) is 0 Å². The lowest BCUT2D eigenvalue weighted by Crippen LogP contribution is -1.90. The Morgan fingerprint density at radius 3 is 3.00 bits per heavy atom. The minimum Gasteiger partial charge on any atom is -0.197 e. The van der Waals surface area contributed by atoms with Gasteiger partial charge < -0.3 is 0 Å². The number of para-hydroxylation sites is 1. The number of nitrogens with one attached hydrogen (secondary N) is 1. The van der Waals surface area contributed by atoms with Crippen molar-refractivity contribution in [2.45, 2.75) is 0 Å². The number of benzene rings is 1. The van der Waals surface area contributed by atoms with Crippen LogP contribution in [-0.2, 0) is 0 Å². The van der Waals surface area contributed by atoms with Crippen molar-refractivity contribution < 1.29 is 0 Å². The zero-order valence-corrected chi connectivity index (χ0v) is 6.36. The fraction of sp³-hybridized carbons (Fsp3) is 0. The molecule has 0 aliphatic carbocycles. The van der Waals surface area contributed by atoms with Gasteiger partial charge in [-0.25, -0.2) is 0 Å². The summed E-state index contributed by atoms with van der Waals surface area (Å²) in [7, 11) is 2.61. The molecule has 10 heavy (non-hydrogen) atoms. The minimum absolute atomic E-state index is 0.910. The molecule has 1 N–H and O–H groups in total. The Morgan fingerprint density at radius 2 is 2.20 bits per heavy atom. The van der Waals surface area contributed by atoms with Gasteiger partial charge in [0.2, 0.25) is 0 Å². The summed E-state index contributed by atoms with van der Waals surface area (Å²) in [4.78, 5) is 0. The lowest BCUT2D eigenvalue weighted by Gasteiger charge is -1.88. The van der Waals surface area contributed by atoms with Crippen LogP contribution in [0.15, 0.2) is 18.2 Å². The molecule has 0 bridgehead atoms. The number of hydrogen-bond acceptors (Lipinski definition) is 2. The van der Waals surface area contributed by atoms with Gasteiger partial charge in [-0.3, -0.25) is 0 Å². The smallest absolute Gasteiger partial charge is 0.120 e. The first-order valence-electron chi connectivity index (χ1n) is 2.93. The van der Waals surface area contributed by atoms with E-state index in [1.807, 2.05) is 18.2 Å². The van der Waals surface area contributed by atoms with Gasteiger partial charge in [0.15, 0.2) is 0 Å². The Labute approximate surface area is 60.0 Å². The number of rotatable bonds is 0. The van der Waals surface area contributed by atoms with Crippen LogP contribution < -0.4 is 5.30 Å². The van der Waals surface area contributed by atoms with Crippen molar-refractivity contribution in [3.63, 3.8) is 0 Å². The molecule has 0 amide bonds. The third-order valence-corrected chi connectivity index (χ3v) is 1.84. The first-order chi connectivity index (χ1) is 4.88. The zero-order valence-electron chi connectivity index (χ0n) is 5.20. The first kappa shape index (κ1) is 5.81. The molecule has 2 rings (SSSR count). The second kappa shape index (κ2) is 2.03. The first-order valence-corrected chi connectivity index (χ1v) is 3.50. The highest BCUT2D eigenvalue weighted by atomic mass is 31.0. The summed E-state index contributed by atoms with van der Waals surface area (Å²) < 4.78 is 0. The van der Waals surface area contributed by atoms with Crippen LogP contribution in [0, 0.1) is 0 Å². The molecule has 0 radical (unpaired) electrons. The van der Waals surface area contributed by atoms with E-state index in [1.165, 1.54) is 0 Å². The van der Waals surface area contributed by atoms with Crippen molar-refractivity contribution >= 4 is 25.6 Å². The largest absolute Gasteiger partial charge is 0.197 e. The summed E-state index contributed by atoms with van der Waals surface area (Å²) >= 11 is 0. The molecule has 3 nitrogen and oxygen atoms in total. The Hall–Kier alpha value is -0.950. The molecule has 0 aliphatic rings. The molecule has 0 fully saturated rings. The molecule has 4 heteroatoms. The minimum atomic E-state index is 0.910. The maximum Gasteiger partial charge on any atom is 0.120 e. The van der Waals surface area contributed by atoms with E-state index in [1.54, 1.807) is 0 Å². The van der Waals surface area contributed by atoms with Gasteiger partial charge in [0.1, 0.15) is 11.0 Å². The molecule has 2 aromatic rings. The second-order valence-corrected chi connectivity index (χ2v) is 2.66. The Balaban J connectivity index is 2.95. The van der Waals surface area contributed by atoms with E-state index in [2.05, 4.69) is 24.7 Å². The Morgan fingerprint density at radius 1 is 1.30 bits per heavy atom. The predicted octanol–water partition coefficient (Wildman–Crippen LogP) is 0.458.